The van der Waals surface area contributed by atoms with Crippen LogP contribution in [0.1, 0.15) is 18.9 Å². The van der Waals surface area contributed by atoms with Crippen molar-refractivity contribution in [3.05, 3.63) is 29.8 Å². The predicted molar refractivity (Wildman–Crippen MR) is 73.1 cm³/mol. The van der Waals surface area contributed by atoms with Gasteiger partial charge >= 0.3 is 17.8 Å². The average Bonchev–Trinajstić information content (AvgIpc) is 2.45. The lowest BCUT2D eigenvalue weighted by atomic mass is 10.1. The monoisotopic (exact) mass is 295 g/mol. The number of hydrogen-bond acceptors (Lipinski definition) is 4. The quantitative estimate of drug-likeness (QED) is 0.637. The Kier molecular flexibility index (Phi) is 6.19. The summed E-state index contributed by atoms with van der Waals surface area (Å²) < 4.78 is 5.39. The molecule has 0 aliphatic heterocycles. The third-order valence-electron chi connectivity index (χ3n) is 2.63. The second kappa shape index (κ2) is 7.88. The molecule has 114 valence electrons. The summed E-state index contributed by atoms with van der Waals surface area (Å²) in [5.74, 6) is -3.69. The summed E-state index contributed by atoms with van der Waals surface area (Å²) in [5, 5.41) is 19.4. The molecule has 7 nitrogen and oxygen atoms in total. The molecule has 0 saturated carbocycles. The number of carboxylic acids is 2. The molecule has 0 saturated heterocycles. The fraction of sp³-hybridized carbons (Fsp3) is 0.357. The van der Waals surface area contributed by atoms with Crippen LogP contribution in [0.25, 0.3) is 0 Å². The molecule has 0 aromatic heterocycles. The second-order valence-corrected chi connectivity index (χ2v) is 4.37. The van der Waals surface area contributed by atoms with E-state index in [1.165, 1.54) is 0 Å². The van der Waals surface area contributed by atoms with E-state index in [2.05, 4.69) is 0 Å². The Morgan fingerprint density at radius 2 is 1.81 bits per heavy atom. The van der Waals surface area contributed by atoms with Crippen LogP contribution < -0.4 is 10.1 Å². The minimum atomic E-state index is -1.72. The lowest BCUT2D eigenvalue weighted by molar-refractivity contribution is -0.152. The van der Waals surface area contributed by atoms with E-state index in [0.717, 1.165) is 6.42 Å². The number of nitrogens with one attached hydrogen (secondary N) is 1. The third kappa shape index (κ3) is 5.52. The Labute approximate surface area is 121 Å². The third-order valence-corrected chi connectivity index (χ3v) is 2.63. The molecule has 3 N–H and O–H groups in total. The Bertz CT molecular complexity index is 511. The number of amides is 1. The Morgan fingerprint density at radius 1 is 1.19 bits per heavy atom. The smallest absolute Gasteiger partial charge is 0.394 e. The Hall–Kier alpha value is -2.57. The zero-order chi connectivity index (χ0) is 15.8. The maximum atomic E-state index is 11.0. The summed E-state index contributed by atoms with van der Waals surface area (Å²) >= 11 is 0. The summed E-state index contributed by atoms with van der Waals surface area (Å²) in [5.41, 5.74) is 0.650. The largest absolute Gasteiger partial charge is 0.494 e. The summed E-state index contributed by atoms with van der Waals surface area (Å²) in [4.78, 5) is 32.5. The molecule has 0 spiro atoms. The molecule has 0 aliphatic rings. The van der Waals surface area contributed by atoms with Crippen molar-refractivity contribution in [3.63, 3.8) is 0 Å². The van der Waals surface area contributed by atoms with Gasteiger partial charge in [-0.15, -0.1) is 0 Å². The topological polar surface area (TPSA) is 113 Å². The van der Waals surface area contributed by atoms with E-state index < -0.39 is 23.9 Å². The highest BCUT2D eigenvalue weighted by Crippen LogP contribution is 2.14. The molecule has 0 bridgehead atoms. The van der Waals surface area contributed by atoms with Gasteiger partial charge in [-0.3, -0.25) is 4.79 Å². The Morgan fingerprint density at radius 3 is 2.29 bits per heavy atom. The Balaban J connectivity index is 2.68. The standard InChI is InChI=1S/C14H17NO6/c1-2-7-21-10-5-3-9(4-6-10)8-11(13(17)18)15-12(16)14(19)20/h3-6,11H,2,7-8H2,1H3,(H,15,16)(H,17,18)(H,19,20)/t11-/m1/s1. The van der Waals surface area contributed by atoms with Crippen LogP contribution in [0.2, 0.25) is 0 Å². The minimum absolute atomic E-state index is 0.0115. The van der Waals surface area contributed by atoms with Crippen LogP contribution >= 0.6 is 0 Å². The molecular formula is C14H17NO6. The molecule has 21 heavy (non-hydrogen) atoms. The van der Waals surface area contributed by atoms with Gasteiger partial charge in [0.05, 0.1) is 6.61 Å². The van der Waals surface area contributed by atoms with Crippen molar-refractivity contribution in [3.8, 4) is 5.75 Å². The van der Waals surface area contributed by atoms with Gasteiger partial charge in [-0.2, -0.15) is 0 Å². The van der Waals surface area contributed by atoms with Crippen LogP contribution in [0.15, 0.2) is 24.3 Å². The molecule has 0 heterocycles. The highest BCUT2D eigenvalue weighted by molar-refractivity contribution is 6.31. The lowest BCUT2D eigenvalue weighted by Gasteiger charge is -2.13. The van der Waals surface area contributed by atoms with Gasteiger partial charge in [-0.25, -0.2) is 9.59 Å². The molecule has 0 aliphatic carbocycles. The lowest BCUT2D eigenvalue weighted by Crippen LogP contribution is -2.45. The first-order valence-corrected chi connectivity index (χ1v) is 6.42. The minimum Gasteiger partial charge on any atom is -0.494 e. The molecule has 0 unspecified atom stereocenters. The molecule has 0 fully saturated rings. The van der Waals surface area contributed by atoms with Crippen molar-refractivity contribution in [2.45, 2.75) is 25.8 Å². The van der Waals surface area contributed by atoms with Crippen molar-refractivity contribution < 1.29 is 29.3 Å². The first-order valence-electron chi connectivity index (χ1n) is 6.42. The normalized spacial score (nSPS) is 11.5. The molecule has 1 aromatic rings. The van der Waals surface area contributed by atoms with Crippen LogP contribution in [-0.2, 0) is 20.8 Å². The number of hydrogen-bond donors (Lipinski definition) is 3. The second-order valence-electron chi connectivity index (χ2n) is 4.37. The fourth-order valence-corrected chi connectivity index (χ4v) is 1.60. The van der Waals surface area contributed by atoms with Gasteiger partial charge in [-0.05, 0) is 24.1 Å². The van der Waals surface area contributed by atoms with Crippen molar-refractivity contribution in [1.29, 1.82) is 0 Å². The SMILES string of the molecule is CCCOc1ccc(C[C@@H](NC(=O)C(=O)O)C(=O)O)cc1. The maximum Gasteiger partial charge on any atom is 0.394 e. The zero-order valence-corrected chi connectivity index (χ0v) is 11.5. The zero-order valence-electron chi connectivity index (χ0n) is 11.5. The maximum absolute atomic E-state index is 11.0. The van der Waals surface area contributed by atoms with E-state index in [-0.39, 0.29) is 6.42 Å². The van der Waals surface area contributed by atoms with Gasteiger partial charge in [0.1, 0.15) is 11.8 Å². The van der Waals surface area contributed by atoms with Crippen molar-refractivity contribution in [1.82, 2.24) is 5.32 Å². The van der Waals surface area contributed by atoms with Gasteiger partial charge < -0.3 is 20.3 Å². The van der Waals surface area contributed by atoms with Crippen molar-refractivity contribution >= 4 is 17.8 Å². The summed E-state index contributed by atoms with van der Waals surface area (Å²) in [6, 6.07) is 5.45. The molecule has 1 atom stereocenters. The van der Waals surface area contributed by atoms with Crippen molar-refractivity contribution in [2.75, 3.05) is 6.61 Å². The van der Waals surface area contributed by atoms with Gasteiger partial charge in [0.15, 0.2) is 0 Å². The van der Waals surface area contributed by atoms with Crippen LogP contribution in [0, 0.1) is 0 Å². The van der Waals surface area contributed by atoms with Gasteiger partial charge in [-0.1, -0.05) is 19.1 Å². The number of carboxylic acid groups (broad SMARTS) is 2. The van der Waals surface area contributed by atoms with Crippen LogP contribution in [0.3, 0.4) is 0 Å². The summed E-state index contributed by atoms with van der Waals surface area (Å²) in [6.07, 6.45) is 0.868. The van der Waals surface area contributed by atoms with Crippen LogP contribution in [-0.4, -0.2) is 40.7 Å². The molecular weight excluding hydrogens is 278 g/mol. The van der Waals surface area contributed by atoms with E-state index in [4.69, 9.17) is 14.9 Å². The van der Waals surface area contributed by atoms with E-state index in [1.807, 2.05) is 12.2 Å². The van der Waals surface area contributed by atoms with E-state index >= 15 is 0 Å². The van der Waals surface area contributed by atoms with Crippen LogP contribution in [0.5, 0.6) is 5.75 Å². The van der Waals surface area contributed by atoms with E-state index in [9.17, 15) is 14.4 Å². The first-order chi connectivity index (χ1) is 9.93. The summed E-state index contributed by atoms with van der Waals surface area (Å²) in [7, 11) is 0. The number of carbonyl (C=O) groups is 3. The highest BCUT2D eigenvalue weighted by atomic mass is 16.5. The molecule has 1 aromatic carbocycles. The predicted octanol–water partition coefficient (Wildman–Crippen LogP) is 0.672. The molecule has 1 rings (SSSR count). The van der Waals surface area contributed by atoms with E-state index in [0.29, 0.717) is 17.9 Å². The van der Waals surface area contributed by atoms with Crippen molar-refractivity contribution in [2.24, 2.45) is 0 Å². The number of aliphatic carboxylic acids is 2. The van der Waals surface area contributed by atoms with Crippen LogP contribution in [0.4, 0.5) is 0 Å². The van der Waals surface area contributed by atoms with Gasteiger partial charge in [0, 0.05) is 6.42 Å². The van der Waals surface area contributed by atoms with E-state index in [1.54, 1.807) is 24.3 Å². The highest BCUT2D eigenvalue weighted by Gasteiger charge is 2.23. The molecule has 7 heteroatoms. The molecule has 1 amide bonds. The first kappa shape index (κ1) is 16.5. The average molecular weight is 295 g/mol. The number of carbonyl (C=O) groups excluding carboxylic acids is 1. The summed E-state index contributed by atoms with van der Waals surface area (Å²) in [6.45, 7) is 2.57. The molecule has 0 radical (unpaired) electrons. The number of ether oxygens (including phenoxy) is 1. The van der Waals surface area contributed by atoms with Gasteiger partial charge in [0.2, 0.25) is 0 Å². The fourth-order valence-electron chi connectivity index (χ4n) is 1.60. The number of benzene rings is 1. The number of rotatable bonds is 7. The van der Waals surface area contributed by atoms with Gasteiger partial charge in [0.25, 0.3) is 0 Å².